The molecule has 5 heterocycles. The van der Waals surface area contributed by atoms with Crippen molar-refractivity contribution in [3.8, 4) is 11.4 Å². The number of nitrogens with one attached hydrogen (secondary N) is 2. The Morgan fingerprint density at radius 1 is 0.981 bits per heavy atom. The lowest BCUT2D eigenvalue weighted by atomic mass is 9.94. The molecule has 0 atom stereocenters. The summed E-state index contributed by atoms with van der Waals surface area (Å²) in [6.07, 6.45) is 3.85. The molecule has 0 saturated carbocycles. The molecule has 1 amide bonds. The van der Waals surface area contributed by atoms with Crippen molar-refractivity contribution >= 4 is 55.0 Å². The predicted octanol–water partition coefficient (Wildman–Crippen LogP) is 6.18. The standard InChI is InChI=1S/C39H40N8O4S2/c1-25-27(23-45-19-16-40-17-20-45)22-41-47(25)28-11-13-29(14-12-28)51-21-5-10-34-35(37(49)50)43-39(53-34)46-18-15-26-6-4-7-30(31(26)24-46)36(48)44-38-42-32-8-2-3-9-33(32)52-38/h2-4,6-9,11-14,22,40H,5,10,15-21,23-24H2,1H3,(H,49,50)(H,42,44,48). The summed E-state index contributed by atoms with van der Waals surface area (Å²) in [5, 5.41) is 22.3. The van der Waals surface area contributed by atoms with Gasteiger partial charge < -0.3 is 20.1 Å². The Balaban J connectivity index is 0.882. The van der Waals surface area contributed by atoms with Gasteiger partial charge in [0.25, 0.3) is 5.91 Å². The zero-order valence-electron chi connectivity index (χ0n) is 29.4. The first-order valence-corrected chi connectivity index (χ1v) is 19.5. The maximum absolute atomic E-state index is 13.5. The summed E-state index contributed by atoms with van der Waals surface area (Å²) in [7, 11) is 0. The highest BCUT2D eigenvalue weighted by Gasteiger charge is 2.27. The van der Waals surface area contributed by atoms with E-state index < -0.39 is 5.97 Å². The minimum atomic E-state index is -1.04. The number of carboxylic acid groups (broad SMARTS) is 1. The number of nitrogens with zero attached hydrogens (tertiary/aromatic N) is 6. The second-order valence-corrected chi connectivity index (χ2v) is 15.4. The van der Waals surface area contributed by atoms with Gasteiger partial charge in [0.05, 0.1) is 28.7 Å². The third-order valence-electron chi connectivity index (χ3n) is 9.80. The zero-order valence-corrected chi connectivity index (χ0v) is 31.0. The molecular weight excluding hydrogens is 709 g/mol. The number of carbonyl (C=O) groups is 2. The van der Waals surface area contributed by atoms with Crippen LogP contribution < -0.4 is 20.3 Å². The first-order valence-electron chi connectivity index (χ1n) is 17.8. The zero-order chi connectivity index (χ0) is 36.3. The number of aromatic nitrogens is 4. The van der Waals surface area contributed by atoms with E-state index in [-0.39, 0.29) is 11.6 Å². The Hall–Kier alpha value is -5.15. The van der Waals surface area contributed by atoms with E-state index >= 15 is 0 Å². The van der Waals surface area contributed by atoms with Crippen LogP contribution in [0.1, 0.15) is 54.5 Å². The van der Waals surface area contributed by atoms with Gasteiger partial charge in [-0.25, -0.2) is 19.4 Å². The number of aromatic carboxylic acids is 1. The molecule has 6 aromatic rings. The number of carbonyl (C=O) groups excluding carboxylic acids is 1. The summed E-state index contributed by atoms with van der Waals surface area (Å²) in [4.78, 5) is 40.1. The minimum Gasteiger partial charge on any atom is -0.494 e. The number of fused-ring (bicyclic) bond motifs is 2. The van der Waals surface area contributed by atoms with E-state index in [2.05, 4.69) is 42.4 Å². The van der Waals surface area contributed by atoms with E-state index in [0.717, 1.165) is 77.6 Å². The number of ether oxygens (including phenoxy) is 1. The Morgan fingerprint density at radius 2 is 1.81 bits per heavy atom. The monoisotopic (exact) mass is 748 g/mol. The minimum absolute atomic E-state index is 0.0768. The number of para-hydroxylation sites is 1. The number of aryl methyl sites for hydroxylation is 1. The quantitative estimate of drug-likeness (QED) is 0.125. The Kier molecular flexibility index (Phi) is 10.2. The summed E-state index contributed by atoms with van der Waals surface area (Å²) in [6.45, 7) is 8.71. The van der Waals surface area contributed by atoms with Crippen LogP contribution in [0, 0.1) is 6.92 Å². The van der Waals surface area contributed by atoms with Gasteiger partial charge in [-0.05, 0) is 79.8 Å². The highest BCUT2D eigenvalue weighted by Crippen LogP contribution is 2.33. The molecular formula is C39H40N8O4S2. The average molecular weight is 749 g/mol. The van der Waals surface area contributed by atoms with Crippen LogP contribution in [-0.4, -0.2) is 81.0 Å². The molecule has 12 nitrogen and oxygen atoms in total. The number of thiazole rings is 2. The second kappa shape index (κ2) is 15.4. The molecule has 2 aliphatic heterocycles. The fourth-order valence-corrected chi connectivity index (χ4v) is 8.91. The number of rotatable bonds is 12. The van der Waals surface area contributed by atoms with Crippen molar-refractivity contribution in [2.24, 2.45) is 0 Å². The van der Waals surface area contributed by atoms with Gasteiger partial charge in [0.15, 0.2) is 16.0 Å². The lowest BCUT2D eigenvalue weighted by Gasteiger charge is -2.29. The summed E-state index contributed by atoms with van der Waals surface area (Å²) in [5.74, 6) is -0.509. The van der Waals surface area contributed by atoms with Gasteiger partial charge in [0.1, 0.15) is 5.75 Å². The van der Waals surface area contributed by atoms with Crippen LogP contribution in [0.5, 0.6) is 5.75 Å². The number of benzene rings is 3. The topological polar surface area (TPSA) is 138 Å². The normalized spacial score (nSPS) is 14.7. The lowest BCUT2D eigenvalue weighted by molar-refractivity contribution is 0.0690. The molecule has 53 heavy (non-hydrogen) atoms. The predicted molar refractivity (Wildman–Crippen MR) is 208 cm³/mol. The highest BCUT2D eigenvalue weighted by atomic mass is 32.1. The molecule has 3 aromatic carbocycles. The summed E-state index contributed by atoms with van der Waals surface area (Å²) in [5.41, 5.74) is 6.88. The van der Waals surface area contributed by atoms with Crippen molar-refractivity contribution in [1.82, 2.24) is 30.0 Å². The Labute approximate surface area is 315 Å². The van der Waals surface area contributed by atoms with Crippen LogP contribution >= 0.6 is 22.7 Å². The average Bonchev–Trinajstić information content (AvgIpc) is 3.90. The molecule has 272 valence electrons. The molecule has 1 fully saturated rings. The van der Waals surface area contributed by atoms with Crippen molar-refractivity contribution in [2.75, 3.05) is 49.5 Å². The first-order chi connectivity index (χ1) is 25.9. The van der Waals surface area contributed by atoms with Gasteiger partial charge in [0.2, 0.25) is 0 Å². The van der Waals surface area contributed by atoms with Crippen LogP contribution in [0.2, 0.25) is 0 Å². The molecule has 3 N–H and O–H groups in total. The third-order valence-corrected chi connectivity index (χ3v) is 11.9. The van der Waals surface area contributed by atoms with E-state index in [1.165, 1.54) is 28.2 Å². The maximum Gasteiger partial charge on any atom is 0.355 e. The molecule has 1 saturated heterocycles. The molecule has 8 rings (SSSR count). The van der Waals surface area contributed by atoms with Crippen molar-refractivity contribution < 1.29 is 19.4 Å². The highest BCUT2D eigenvalue weighted by molar-refractivity contribution is 7.22. The number of hydrogen-bond donors (Lipinski definition) is 3. The lowest BCUT2D eigenvalue weighted by Crippen LogP contribution is -2.42. The molecule has 3 aromatic heterocycles. The molecule has 0 radical (unpaired) electrons. The van der Waals surface area contributed by atoms with Gasteiger partial charge >= 0.3 is 5.97 Å². The van der Waals surface area contributed by atoms with Crippen molar-refractivity contribution in [3.63, 3.8) is 0 Å². The van der Waals surface area contributed by atoms with Crippen molar-refractivity contribution in [2.45, 2.75) is 39.3 Å². The number of piperazine rings is 1. The number of anilines is 2. The van der Waals surface area contributed by atoms with E-state index in [1.807, 2.05) is 77.6 Å². The third kappa shape index (κ3) is 7.67. The van der Waals surface area contributed by atoms with Crippen LogP contribution in [-0.2, 0) is 25.9 Å². The van der Waals surface area contributed by atoms with Gasteiger partial charge in [-0.2, -0.15) is 5.10 Å². The molecule has 14 heteroatoms. The fraction of sp³-hybridized carbons (Fsp3) is 0.308. The van der Waals surface area contributed by atoms with Gasteiger partial charge in [-0.3, -0.25) is 15.0 Å². The Bertz CT molecular complexity index is 2220. The van der Waals surface area contributed by atoms with E-state index in [1.54, 1.807) is 0 Å². The largest absolute Gasteiger partial charge is 0.494 e. The van der Waals surface area contributed by atoms with Crippen LogP contribution in [0.15, 0.2) is 72.9 Å². The van der Waals surface area contributed by atoms with Gasteiger partial charge in [0, 0.05) is 67.5 Å². The van der Waals surface area contributed by atoms with Crippen LogP contribution in [0.3, 0.4) is 0 Å². The Morgan fingerprint density at radius 3 is 2.62 bits per heavy atom. The van der Waals surface area contributed by atoms with Gasteiger partial charge in [-0.15, -0.1) is 11.3 Å². The number of carboxylic acids is 1. The summed E-state index contributed by atoms with van der Waals surface area (Å²) < 4.78 is 9.03. The number of hydrogen-bond acceptors (Lipinski definition) is 11. The summed E-state index contributed by atoms with van der Waals surface area (Å²) >= 11 is 2.84. The van der Waals surface area contributed by atoms with E-state index in [9.17, 15) is 14.7 Å². The molecule has 0 unspecified atom stereocenters. The maximum atomic E-state index is 13.5. The summed E-state index contributed by atoms with van der Waals surface area (Å²) in [6, 6.07) is 21.5. The SMILES string of the molecule is Cc1c(CN2CCNCC2)cnn1-c1ccc(OCCCc2sc(N3CCc4cccc(C(=O)Nc5nc6ccccc6s5)c4C3)nc2C(=O)O)cc1. The van der Waals surface area contributed by atoms with E-state index in [0.29, 0.717) is 53.2 Å². The van der Waals surface area contributed by atoms with E-state index in [4.69, 9.17) is 4.74 Å². The van der Waals surface area contributed by atoms with Crippen LogP contribution in [0.25, 0.3) is 15.9 Å². The molecule has 0 bridgehead atoms. The first kappa shape index (κ1) is 34.9. The second-order valence-electron chi connectivity index (χ2n) is 13.3. The number of amides is 1. The van der Waals surface area contributed by atoms with Crippen molar-refractivity contribution in [1.29, 1.82) is 0 Å². The molecule has 0 aliphatic carbocycles. The van der Waals surface area contributed by atoms with Crippen molar-refractivity contribution in [3.05, 3.63) is 111 Å². The smallest absolute Gasteiger partial charge is 0.355 e. The fourth-order valence-electron chi connectivity index (χ4n) is 6.93. The molecule has 2 aliphatic rings. The van der Waals surface area contributed by atoms with Gasteiger partial charge in [-0.1, -0.05) is 35.6 Å². The molecule has 0 spiro atoms. The van der Waals surface area contributed by atoms with Crippen LogP contribution in [0.4, 0.5) is 10.3 Å².